The van der Waals surface area contributed by atoms with Crippen LogP contribution in [0.2, 0.25) is 0 Å². The fourth-order valence-electron chi connectivity index (χ4n) is 1.25. The Morgan fingerprint density at radius 2 is 1.55 bits per heavy atom. The zero-order chi connectivity index (χ0) is 7.68. The third-order valence-corrected chi connectivity index (χ3v) is 2.33. The molecule has 0 saturated heterocycles. The predicted molar refractivity (Wildman–Crippen MR) is 49.3 cm³/mol. The van der Waals surface area contributed by atoms with Crippen LogP contribution in [0.15, 0.2) is 42.5 Å². The van der Waals surface area contributed by atoms with Crippen molar-refractivity contribution in [2.75, 3.05) is 0 Å². The van der Waals surface area contributed by atoms with Crippen LogP contribution in [-0.2, 0) is 0 Å². The van der Waals surface area contributed by atoms with Crippen molar-refractivity contribution in [1.82, 2.24) is 0 Å². The van der Waals surface area contributed by atoms with E-state index in [1.807, 2.05) is 0 Å². The molecule has 2 aromatic rings. The fraction of sp³-hybridized carbons (Fsp3) is 0. The van der Waals surface area contributed by atoms with Crippen molar-refractivity contribution >= 4 is 31.5 Å². The number of benzene rings is 2. The van der Waals surface area contributed by atoms with E-state index in [1.165, 1.54) is 15.2 Å². The molecule has 1 heteroatoms. The van der Waals surface area contributed by atoms with Crippen molar-refractivity contribution in [3.05, 3.63) is 42.5 Å². The van der Waals surface area contributed by atoms with Gasteiger partial charge in [-0.25, -0.2) is 0 Å². The van der Waals surface area contributed by atoms with Crippen molar-refractivity contribution in [3.8, 4) is 0 Å². The molecule has 0 aromatic heterocycles. The van der Waals surface area contributed by atoms with Gasteiger partial charge >= 0.3 is 74.0 Å². The van der Waals surface area contributed by atoms with E-state index >= 15 is 0 Å². The topological polar surface area (TPSA) is 0 Å². The van der Waals surface area contributed by atoms with E-state index in [0.29, 0.717) is 0 Å². The van der Waals surface area contributed by atoms with Crippen LogP contribution >= 0.6 is 0 Å². The van der Waals surface area contributed by atoms with Crippen molar-refractivity contribution in [1.29, 1.82) is 0 Å². The maximum absolute atomic E-state index is 2.74. The van der Waals surface area contributed by atoms with Crippen LogP contribution in [0.3, 0.4) is 0 Å². The monoisotopic (exact) mass is 154 g/mol. The van der Waals surface area contributed by atoms with E-state index in [2.05, 4.69) is 58.8 Å². The normalized spacial score (nSPS) is 10.4. The summed E-state index contributed by atoms with van der Waals surface area (Å²) < 4.78 is 1.27. The SMILES string of the molecule is [Al+2][c]1cccc2ccccc12. The second-order valence-corrected chi connectivity index (χ2v) is 3.19. The van der Waals surface area contributed by atoms with Gasteiger partial charge in [0.15, 0.2) is 0 Å². The molecule has 0 radical (unpaired) electrons. The summed E-state index contributed by atoms with van der Waals surface area (Å²) in [5.74, 6) is 0. The summed E-state index contributed by atoms with van der Waals surface area (Å²) in [7, 11) is 0. The zero-order valence-electron chi connectivity index (χ0n) is 6.12. The predicted octanol–water partition coefficient (Wildman–Crippen LogP) is 1.63. The summed E-state index contributed by atoms with van der Waals surface area (Å²) in [6.07, 6.45) is 0. The molecule has 0 spiro atoms. The average molecular weight is 154 g/mol. The Morgan fingerprint density at radius 1 is 0.818 bits per heavy atom. The first-order valence-corrected chi connectivity index (χ1v) is 4.19. The fourth-order valence-corrected chi connectivity index (χ4v) is 1.62. The van der Waals surface area contributed by atoms with Crippen LogP contribution in [0.5, 0.6) is 0 Å². The first-order chi connectivity index (χ1) is 5.38. The molecule has 0 saturated carbocycles. The van der Waals surface area contributed by atoms with Gasteiger partial charge in [0.25, 0.3) is 0 Å². The number of hydrogen-bond donors (Lipinski definition) is 0. The molecule has 0 aliphatic rings. The summed E-state index contributed by atoms with van der Waals surface area (Å²) >= 11 is 2.74. The van der Waals surface area contributed by atoms with Crippen LogP contribution in [-0.4, -0.2) is 16.3 Å². The molecule has 2 aromatic carbocycles. The van der Waals surface area contributed by atoms with E-state index in [-0.39, 0.29) is 0 Å². The molecule has 0 nitrogen and oxygen atoms in total. The minimum absolute atomic E-state index is 1.27. The van der Waals surface area contributed by atoms with Crippen LogP contribution < -0.4 is 4.43 Å². The van der Waals surface area contributed by atoms with E-state index in [0.717, 1.165) is 0 Å². The summed E-state index contributed by atoms with van der Waals surface area (Å²) in [5.41, 5.74) is 0. The third-order valence-electron chi connectivity index (χ3n) is 1.82. The second-order valence-electron chi connectivity index (χ2n) is 2.57. The van der Waals surface area contributed by atoms with Gasteiger partial charge in [-0.15, -0.1) is 0 Å². The first kappa shape index (κ1) is 6.91. The van der Waals surface area contributed by atoms with Gasteiger partial charge < -0.3 is 0 Å². The molecule has 48 valence electrons. The zero-order valence-corrected chi connectivity index (χ0v) is 7.27. The van der Waals surface area contributed by atoms with Gasteiger partial charge in [0.1, 0.15) is 0 Å². The average Bonchev–Trinajstić information content (AvgIpc) is 2.06. The number of fused-ring (bicyclic) bond motifs is 1. The van der Waals surface area contributed by atoms with Crippen molar-refractivity contribution in [3.63, 3.8) is 0 Å². The van der Waals surface area contributed by atoms with Crippen LogP contribution in [0.1, 0.15) is 0 Å². The number of hydrogen-bond acceptors (Lipinski definition) is 0. The Kier molecular flexibility index (Phi) is 1.69. The van der Waals surface area contributed by atoms with Gasteiger partial charge in [0.05, 0.1) is 0 Å². The molecule has 0 atom stereocenters. The van der Waals surface area contributed by atoms with Gasteiger partial charge in [0.2, 0.25) is 0 Å². The number of rotatable bonds is 0. The summed E-state index contributed by atoms with van der Waals surface area (Å²) in [6.45, 7) is 0. The molecular formula is C10H7Al+2. The molecule has 0 unspecified atom stereocenters. The molecule has 0 heterocycles. The molecule has 2 rings (SSSR count). The van der Waals surface area contributed by atoms with E-state index in [9.17, 15) is 0 Å². The Hall–Kier alpha value is -0.768. The second kappa shape index (κ2) is 2.70. The molecule has 0 bridgehead atoms. The molecule has 11 heavy (non-hydrogen) atoms. The molecule has 0 aliphatic carbocycles. The van der Waals surface area contributed by atoms with Crippen LogP contribution in [0, 0.1) is 0 Å². The van der Waals surface area contributed by atoms with Gasteiger partial charge in [0, 0.05) is 0 Å². The van der Waals surface area contributed by atoms with Crippen LogP contribution in [0.25, 0.3) is 10.8 Å². The molecular weight excluding hydrogens is 147 g/mol. The maximum atomic E-state index is 2.74. The van der Waals surface area contributed by atoms with Gasteiger partial charge in [-0.05, 0) is 0 Å². The third kappa shape index (κ3) is 1.18. The molecule has 0 amide bonds. The molecule has 0 fully saturated rings. The summed E-state index contributed by atoms with van der Waals surface area (Å²) in [5, 5.41) is 2.63. The standard InChI is InChI=1S/C10H7.Al/c1-2-6-10-8-4-3-7-9(10)5-1;/h1-7H;/q;+2. The Bertz CT molecular complexity index is 374. The van der Waals surface area contributed by atoms with E-state index in [4.69, 9.17) is 0 Å². The van der Waals surface area contributed by atoms with Gasteiger partial charge in [-0.1, -0.05) is 0 Å². The molecule has 0 aliphatic heterocycles. The van der Waals surface area contributed by atoms with Crippen molar-refractivity contribution in [2.24, 2.45) is 0 Å². The van der Waals surface area contributed by atoms with Crippen molar-refractivity contribution < 1.29 is 0 Å². The molecule has 0 N–H and O–H groups in total. The summed E-state index contributed by atoms with van der Waals surface area (Å²) in [6, 6.07) is 14.7. The Labute approximate surface area is 74.3 Å². The van der Waals surface area contributed by atoms with Gasteiger partial charge in [-0.2, -0.15) is 0 Å². The van der Waals surface area contributed by atoms with E-state index < -0.39 is 0 Å². The van der Waals surface area contributed by atoms with E-state index in [1.54, 1.807) is 0 Å². The van der Waals surface area contributed by atoms with Gasteiger partial charge in [-0.3, -0.25) is 0 Å². The Morgan fingerprint density at radius 3 is 2.36 bits per heavy atom. The first-order valence-electron chi connectivity index (χ1n) is 3.61. The van der Waals surface area contributed by atoms with Crippen LogP contribution in [0.4, 0.5) is 0 Å². The quantitative estimate of drug-likeness (QED) is 0.506. The van der Waals surface area contributed by atoms with Crippen molar-refractivity contribution in [2.45, 2.75) is 0 Å². The summed E-state index contributed by atoms with van der Waals surface area (Å²) in [4.78, 5) is 0. The minimum atomic E-state index is 1.27. The Balaban J connectivity index is 2.91.